The Morgan fingerprint density at radius 2 is 1.54 bits per heavy atom. The van der Waals surface area contributed by atoms with E-state index < -0.39 is 0 Å². The van der Waals surface area contributed by atoms with Gasteiger partial charge in [0.1, 0.15) is 17.2 Å². The lowest BCUT2D eigenvalue weighted by Gasteiger charge is -2.37. The number of phenols is 1. The number of carbonyl (C=O) groups excluding carboxylic acids is 2. The number of methoxy groups -OCH3 is 1. The Morgan fingerprint density at radius 3 is 2.18 bits per heavy atom. The number of nitrogens with zero attached hydrogens (tertiary/aromatic N) is 3. The first-order valence-corrected chi connectivity index (χ1v) is 9.10. The van der Waals surface area contributed by atoms with Gasteiger partial charge in [0.2, 0.25) is 0 Å². The van der Waals surface area contributed by atoms with Gasteiger partial charge in [-0.15, -0.1) is 0 Å². The van der Waals surface area contributed by atoms with E-state index in [4.69, 9.17) is 4.74 Å². The Kier molecular flexibility index (Phi) is 4.65. The van der Waals surface area contributed by atoms with Crippen molar-refractivity contribution >= 4 is 23.2 Å². The molecule has 2 aromatic rings. The topological polar surface area (TPSA) is 73.3 Å². The molecule has 7 nitrogen and oxygen atoms in total. The average Bonchev–Trinajstić information content (AvgIpc) is 3.03. The van der Waals surface area contributed by atoms with Crippen LogP contribution in [0.15, 0.2) is 60.3 Å². The number of imide groups is 1. The third-order valence-electron chi connectivity index (χ3n) is 5.08. The van der Waals surface area contributed by atoms with Gasteiger partial charge in [-0.05, 0) is 36.4 Å². The van der Waals surface area contributed by atoms with Crippen molar-refractivity contribution in [2.24, 2.45) is 0 Å². The molecular weight excluding hydrogens is 358 g/mol. The van der Waals surface area contributed by atoms with Crippen molar-refractivity contribution in [3.8, 4) is 11.5 Å². The summed E-state index contributed by atoms with van der Waals surface area (Å²) in [7, 11) is 1.57. The number of carbonyl (C=O) groups is 2. The monoisotopic (exact) mass is 379 g/mol. The van der Waals surface area contributed by atoms with Gasteiger partial charge in [-0.2, -0.15) is 0 Å². The Labute approximate surface area is 163 Å². The maximum Gasteiger partial charge on any atom is 0.281 e. The van der Waals surface area contributed by atoms with E-state index in [1.165, 1.54) is 11.0 Å². The maximum absolute atomic E-state index is 12.9. The van der Waals surface area contributed by atoms with Gasteiger partial charge < -0.3 is 19.6 Å². The fourth-order valence-corrected chi connectivity index (χ4v) is 3.58. The third kappa shape index (κ3) is 3.15. The van der Waals surface area contributed by atoms with Crippen molar-refractivity contribution in [3.63, 3.8) is 0 Å². The summed E-state index contributed by atoms with van der Waals surface area (Å²) in [5.74, 6) is 0.253. The maximum atomic E-state index is 12.9. The zero-order valence-corrected chi connectivity index (χ0v) is 15.5. The number of hydrogen-bond acceptors (Lipinski definition) is 6. The normalized spacial score (nSPS) is 17.2. The number of hydrogen-bond donors (Lipinski definition) is 1. The van der Waals surface area contributed by atoms with Crippen molar-refractivity contribution in [1.82, 2.24) is 4.90 Å². The predicted molar refractivity (Wildman–Crippen MR) is 105 cm³/mol. The smallest absolute Gasteiger partial charge is 0.281 e. The Bertz CT molecular complexity index is 931. The minimum atomic E-state index is -0.340. The molecule has 4 rings (SSSR count). The lowest BCUT2D eigenvalue weighted by molar-refractivity contribution is -0.121. The van der Waals surface area contributed by atoms with Gasteiger partial charge >= 0.3 is 0 Å². The van der Waals surface area contributed by atoms with Crippen LogP contribution in [0, 0.1) is 0 Å². The molecule has 1 N–H and O–H groups in total. The lowest BCUT2D eigenvalue weighted by Crippen LogP contribution is -2.47. The molecule has 28 heavy (non-hydrogen) atoms. The van der Waals surface area contributed by atoms with Crippen LogP contribution < -0.4 is 14.5 Å². The van der Waals surface area contributed by atoms with Crippen molar-refractivity contribution < 1.29 is 19.4 Å². The minimum absolute atomic E-state index is 0.243. The zero-order chi connectivity index (χ0) is 19.7. The fraction of sp³-hybridized carbons (Fsp3) is 0.238. The molecule has 0 unspecified atom stereocenters. The first kappa shape index (κ1) is 17.9. The average molecular weight is 379 g/mol. The molecule has 2 aromatic carbocycles. The summed E-state index contributed by atoms with van der Waals surface area (Å²) >= 11 is 0. The molecule has 0 spiro atoms. The molecule has 1 saturated heterocycles. The molecular formula is C21H21N3O4. The third-order valence-corrected chi connectivity index (χ3v) is 5.08. The molecule has 0 aromatic heterocycles. The standard InChI is InChI=1S/C21H21N3O4/c1-28-16-8-6-15(7-9-16)24-20(26)14-18(21(24)27)23-12-10-22(11-13-23)17-4-2-3-5-19(17)25/h2-9,14,25H,10-13H2,1H3. The number of ether oxygens (including phenoxy) is 1. The highest BCUT2D eigenvalue weighted by Gasteiger charge is 2.36. The van der Waals surface area contributed by atoms with Crippen LogP contribution in [-0.2, 0) is 9.59 Å². The SMILES string of the molecule is COc1ccc(N2C(=O)C=C(N3CCN(c4ccccc4O)CC3)C2=O)cc1. The van der Waals surface area contributed by atoms with E-state index in [-0.39, 0.29) is 17.6 Å². The van der Waals surface area contributed by atoms with Crippen molar-refractivity contribution in [2.75, 3.05) is 43.1 Å². The second-order valence-electron chi connectivity index (χ2n) is 6.67. The van der Waals surface area contributed by atoms with E-state index >= 15 is 0 Å². The second-order valence-corrected chi connectivity index (χ2v) is 6.67. The van der Waals surface area contributed by atoms with Crippen LogP contribution in [-0.4, -0.2) is 55.1 Å². The summed E-state index contributed by atoms with van der Waals surface area (Å²) < 4.78 is 5.12. The number of amides is 2. The van der Waals surface area contributed by atoms with Crippen molar-refractivity contribution in [2.45, 2.75) is 0 Å². The van der Waals surface area contributed by atoms with Gasteiger partial charge in [0.15, 0.2) is 0 Å². The zero-order valence-electron chi connectivity index (χ0n) is 15.5. The fourth-order valence-electron chi connectivity index (χ4n) is 3.58. The van der Waals surface area contributed by atoms with Crippen molar-refractivity contribution in [1.29, 1.82) is 0 Å². The van der Waals surface area contributed by atoms with Crippen molar-refractivity contribution in [3.05, 3.63) is 60.3 Å². The summed E-state index contributed by atoms with van der Waals surface area (Å²) in [5, 5.41) is 10.0. The predicted octanol–water partition coefficient (Wildman–Crippen LogP) is 1.98. The van der Waals surface area contributed by atoms with E-state index in [0.29, 0.717) is 43.3 Å². The number of para-hydroxylation sites is 2. The van der Waals surface area contributed by atoms with Crippen LogP contribution in [0.2, 0.25) is 0 Å². The van der Waals surface area contributed by atoms with Crippen LogP contribution >= 0.6 is 0 Å². The summed E-state index contributed by atoms with van der Waals surface area (Å²) in [6.07, 6.45) is 1.40. The highest BCUT2D eigenvalue weighted by atomic mass is 16.5. The van der Waals surface area contributed by atoms with E-state index in [0.717, 1.165) is 5.69 Å². The van der Waals surface area contributed by atoms with Gasteiger partial charge in [-0.25, -0.2) is 4.90 Å². The Balaban J connectivity index is 1.46. The number of benzene rings is 2. The summed E-state index contributed by atoms with van der Waals surface area (Å²) in [6, 6.07) is 14.0. The molecule has 0 saturated carbocycles. The largest absolute Gasteiger partial charge is 0.506 e. The molecule has 0 radical (unpaired) electrons. The number of phenolic OH excluding ortho intramolecular Hbond substituents is 1. The molecule has 2 amide bonds. The minimum Gasteiger partial charge on any atom is -0.506 e. The molecule has 2 aliphatic heterocycles. The molecule has 7 heteroatoms. The van der Waals surface area contributed by atoms with E-state index in [2.05, 4.69) is 4.90 Å². The highest BCUT2D eigenvalue weighted by molar-refractivity contribution is 6.30. The highest BCUT2D eigenvalue weighted by Crippen LogP contribution is 2.30. The molecule has 0 bridgehead atoms. The quantitative estimate of drug-likeness (QED) is 0.819. The molecule has 0 aliphatic carbocycles. The summed E-state index contributed by atoms with van der Waals surface area (Å²) in [5.41, 5.74) is 1.72. The number of aromatic hydroxyl groups is 1. The summed E-state index contributed by atoms with van der Waals surface area (Å²) in [4.78, 5) is 30.5. The molecule has 2 heterocycles. The van der Waals surface area contributed by atoms with Gasteiger partial charge in [-0.1, -0.05) is 12.1 Å². The van der Waals surface area contributed by atoms with Crippen LogP contribution in [0.1, 0.15) is 0 Å². The molecule has 144 valence electrons. The number of piperazine rings is 1. The van der Waals surface area contributed by atoms with E-state index in [9.17, 15) is 14.7 Å². The first-order valence-electron chi connectivity index (χ1n) is 9.10. The van der Waals surface area contributed by atoms with Crippen LogP contribution in [0.3, 0.4) is 0 Å². The van der Waals surface area contributed by atoms with E-state index in [1.807, 2.05) is 17.0 Å². The first-order chi connectivity index (χ1) is 13.6. The van der Waals surface area contributed by atoms with Gasteiger partial charge in [0.25, 0.3) is 11.8 Å². The molecule has 1 fully saturated rings. The molecule has 2 aliphatic rings. The summed E-state index contributed by atoms with van der Waals surface area (Å²) in [6.45, 7) is 2.49. The second kappa shape index (κ2) is 7.26. The van der Waals surface area contributed by atoms with Gasteiger partial charge in [0, 0.05) is 32.3 Å². The lowest BCUT2D eigenvalue weighted by atomic mass is 10.2. The van der Waals surface area contributed by atoms with Crippen LogP contribution in [0.5, 0.6) is 11.5 Å². The number of anilines is 2. The van der Waals surface area contributed by atoms with Crippen LogP contribution in [0.25, 0.3) is 0 Å². The van der Waals surface area contributed by atoms with Crippen LogP contribution in [0.4, 0.5) is 11.4 Å². The van der Waals surface area contributed by atoms with Gasteiger partial charge in [0.05, 0.1) is 18.5 Å². The van der Waals surface area contributed by atoms with Gasteiger partial charge in [-0.3, -0.25) is 9.59 Å². The van der Waals surface area contributed by atoms with E-state index in [1.54, 1.807) is 43.5 Å². The number of rotatable bonds is 4. The Hall–Kier alpha value is -3.48. The Morgan fingerprint density at radius 1 is 0.893 bits per heavy atom. The molecule has 0 atom stereocenters.